The number of anilines is 1. The van der Waals surface area contributed by atoms with Crippen molar-refractivity contribution < 1.29 is 4.74 Å². The van der Waals surface area contributed by atoms with Gasteiger partial charge in [-0.25, -0.2) is 14.5 Å². The van der Waals surface area contributed by atoms with Gasteiger partial charge in [0.25, 0.3) is 0 Å². The maximum Gasteiger partial charge on any atom is 0.222 e. The summed E-state index contributed by atoms with van der Waals surface area (Å²) in [5.41, 5.74) is 9.05. The van der Waals surface area contributed by atoms with Crippen LogP contribution in [0.2, 0.25) is 0 Å². The van der Waals surface area contributed by atoms with Crippen LogP contribution in [-0.2, 0) is 0 Å². The van der Waals surface area contributed by atoms with Crippen molar-refractivity contribution in [2.45, 2.75) is 45.1 Å². The van der Waals surface area contributed by atoms with E-state index in [1.54, 1.807) is 18.4 Å². The largest absolute Gasteiger partial charge is 0.480 e. The van der Waals surface area contributed by atoms with Gasteiger partial charge in [-0.1, -0.05) is 25.2 Å². The van der Waals surface area contributed by atoms with E-state index < -0.39 is 0 Å². The third kappa shape index (κ3) is 3.28. The van der Waals surface area contributed by atoms with Gasteiger partial charge in [-0.2, -0.15) is 0 Å². The molecule has 2 N–H and O–H groups in total. The van der Waals surface area contributed by atoms with Crippen LogP contribution < -0.4 is 15.4 Å². The van der Waals surface area contributed by atoms with Crippen LogP contribution in [0.15, 0.2) is 18.3 Å². The lowest BCUT2D eigenvalue weighted by Crippen LogP contribution is -2.32. The first-order chi connectivity index (χ1) is 14.0. The smallest absolute Gasteiger partial charge is 0.222 e. The Morgan fingerprint density at radius 1 is 1.21 bits per heavy atom. The maximum atomic E-state index is 6.20. The fourth-order valence-electron chi connectivity index (χ4n) is 4.74. The minimum Gasteiger partial charge on any atom is -0.480 e. The van der Waals surface area contributed by atoms with E-state index in [0.29, 0.717) is 23.8 Å². The molecule has 3 aromatic heterocycles. The van der Waals surface area contributed by atoms with Gasteiger partial charge in [0.2, 0.25) is 16.0 Å². The van der Waals surface area contributed by atoms with Gasteiger partial charge in [0.1, 0.15) is 0 Å². The molecule has 7 nitrogen and oxygen atoms in total. The molecule has 154 valence electrons. The molecule has 2 fully saturated rings. The van der Waals surface area contributed by atoms with Crippen LogP contribution in [0.4, 0.5) is 5.13 Å². The monoisotopic (exact) mass is 412 g/mol. The summed E-state index contributed by atoms with van der Waals surface area (Å²) in [5.74, 6) is 2.41. The van der Waals surface area contributed by atoms with Crippen LogP contribution >= 0.6 is 11.3 Å². The lowest BCUT2D eigenvalue weighted by molar-refractivity contribution is 0.271. The van der Waals surface area contributed by atoms with E-state index in [4.69, 9.17) is 15.6 Å². The average molecular weight is 413 g/mol. The number of imidazole rings is 1. The Bertz CT molecular complexity index is 1030. The van der Waals surface area contributed by atoms with Crippen LogP contribution in [0.1, 0.15) is 44.7 Å². The fourth-order valence-corrected chi connectivity index (χ4v) is 5.64. The third-order valence-corrected chi connectivity index (χ3v) is 7.36. The second-order valence-corrected chi connectivity index (χ2v) is 9.60. The normalized spacial score (nSPS) is 24.4. The summed E-state index contributed by atoms with van der Waals surface area (Å²) in [4.78, 5) is 12.6. The predicted molar refractivity (Wildman–Crippen MR) is 116 cm³/mol. The zero-order chi connectivity index (χ0) is 20.1. The van der Waals surface area contributed by atoms with Gasteiger partial charge < -0.3 is 15.4 Å². The Hall–Kier alpha value is -2.19. The van der Waals surface area contributed by atoms with Crippen molar-refractivity contribution in [2.24, 2.45) is 17.6 Å². The number of pyridine rings is 1. The topological polar surface area (TPSA) is 81.6 Å². The van der Waals surface area contributed by atoms with Crippen molar-refractivity contribution in [1.82, 2.24) is 19.6 Å². The van der Waals surface area contributed by atoms with Crippen molar-refractivity contribution >= 4 is 21.4 Å². The molecule has 5 rings (SSSR count). The van der Waals surface area contributed by atoms with E-state index >= 15 is 0 Å². The number of aromatic nitrogens is 4. The highest BCUT2D eigenvalue weighted by atomic mass is 32.1. The molecule has 8 heteroatoms. The molecule has 29 heavy (non-hydrogen) atoms. The van der Waals surface area contributed by atoms with Crippen molar-refractivity contribution in [3.8, 4) is 17.1 Å². The Morgan fingerprint density at radius 2 is 2.03 bits per heavy atom. The van der Waals surface area contributed by atoms with Crippen molar-refractivity contribution in [2.75, 3.05) is 25.1 Å². The van der Waals surface area contributed by atoms with Crippen molar-refractivity contribution in [1.29, 1.82) is 0 Å². The van der Waals surface area contributed by atoms with Crippen LogP contribution in [0.25, 0.3) is 16.2 Å². The van der Waals surface area contributed by atoms with Gasteiger partial charge in [-0.3, -0.25) is 0 Å². The third-order valence-electron chi connectivity index (χ3n) is 6.38. The fraction of sp³-hybridized carbons (Fsp3) is 0.571. The van der Waals surface area contributed by atoms with E-state index in [2.05, 4.69) is 40.8 Å². The molecule has 0 aromatic carbocycles. The Kier molecular flexibility index (Phi) is 4.70. The van der Waals surface area contributed by atoms with Crippen LogP contribution in [-0.4, -0.2) is 45.8 Å². The molecule has 0 bridgehead atoms. The minimum absolute atomic E-state index is 0.348. The Morgan fingerprint density at radius 3 is 2.83 bits per heavy atom. The van der Waals surface area contributed by atoms with Gasteiger partial charge in [0.05, 0.1) is 24.6 Å². The van der Waals surface area contributed by atoms with Crippen LogP contribution in [0, 0.1) is 11.8 Å². The van der Waals surface area contributed by atoms with Crippen LogP contribution in [0.3, 0.4) is 0 Å². The maximum absolute atomic E-state index is 6.20. The lowest BCUT2D eigenvalue weighted by Gasteiger charge is -2.27. The van der Waals surface area contributed by atoms with E-state index in [0.717, 1.165) is 58.9 Å². The molecule has 0 radical (unpaired) electrons. The predicted octanol–water partition coefficient (Wildman–Crippen LogP) is 3.55. The van der Waals surface area contributed by atoms with E-state index in [-0.39, 0.29) is 0 Å². The summed E-state index contributed by atoms with van der Waals surface area (Å²) in [5, 5.41) is 5.97. The zero-order valence-electron chi connectivity index (χ0n) is 17.2. The summed E-state index contributed by atoms with van der Waals surface area (Å²) in [6, 6.07) is 4.49. The number of rotatable bonds is 4. The highest BCUT2D eigenvalue weighted by molar-refractivity contribution is 7.20. The molecular weight excluding hydrogens is 384 g/mol. The number of methoxy groups -OCH3 is 1. The molecule has 3 atom stereocenters. The first-order valence-electron chi connectivity index (χ1n) is 10.4. The molecule has 1 saturated heterocycles. The molecule has 1 aliphatic carbocycles. The Balaban J connectivity index is 1.47. The molecule has 3 unspecified atom stereocenters. The zero-order valence-corrected chi connectivity index (χ0v) is 18.0. The number of hydrogen-bond donors (Lipinski definition) is 1. The van der Waals surface area contributed by atoms with Gasteiger partial charge >= 0.3 is 0 Å². The van der Waals surface area contributed by atoms with Gasteiger partial charge in [0.15, 0.2) is 0 Å². The highest BCUT2D eigenvalue weighted by Crippen LogP contribution is 2.39. The lowest BCUT2D eigenvalue weighted by atomic mass is 9.79. The second kappa shape index (κ2) is 7.25. The second-order valence-electron chi connectivity index (χ2n) is 8.67. The van der Waals surface area contributed by atoms with Crippen molar-refractivity contribution in [3.63, 3.8) is 0 Å². The quantitative estimate of drug-likeness (QED) is 0.706. The standard InChI is InChI=1S/C21H28N6OS/c1-12(2)17-7-6-16(19(24-17)28-3)18-9-23-20-27(18)25-21(29-20)26-10-13-4-5-15(22)8-14(13)11-26/h6-7,9,12-15H,4-5,8,10-11,22H2,1-3H3. The van der Waals surface area contributed by atoms with E-state index in [9.17, 15) is 0 Å². The van der Waals surface area contributed by atoms with Crippen LogP contribution in [0.5, 0.6) is 5.88 Å². The number of fused-ring (bicyclic) bond motifs is 2. The summed E-state index contributed by atoms with van der Waals surface area (Å²) >= 11 is 1.65. The number of nitrogens with zero attached hydrogens (tertiary/aromatic N) is 5. The molecule has 0 spiro atoms. The van der Waals surface area contributed by atoms with E-state index in [1.165, 1.54) is 6.42 Å². The average Bonchev–Trinajstić information content (AvgIpc) is 3.40. The number of hydrogen-bond acceptors (Lipinski definition) is 7. The van der Waals surface area contributed by atoms with Gasteiger partial charge in [0, 0.05) is 24.8 Å². The van der Waals surface area contributed by atoms with E-state index in [1.807, 2.05) is 10.7 Å². The summed E-state index contributed by atoms with van der Waals surface area (Å²) in [6.07, 6.45) is 5.39. The number of ether oxygens (including phenoxy) is 1. The minimum atomic E-state index is 0.348. The molecule has 3 aromatic rings. The Labute approximate surface area is 174 Å². The first-order valence-corrected chi connectivity index (χ1v) is 11.3. The first kappa shape index (κ1) is 18.8. The highest BCUT2D eigenvalue weighted by Gasteiger charge is 2.38. The van der Waals surface area contributed by atoms with Gasteiger partial charge in [-0.15, -0.1) is 5.10 Å². The summed E-state index contributed by atoms with van der Waals surface area (Å²) in [6.45, 7) is 6.40. The molecular formula is C21H28N6OS. The molecule has 4 heterocycles. The molecule has 1 aliphatic heterocycles. The van der Waals surface area contributed by atoms with Crippen molar-refractivity contribution in [3.05, 3.63) is 24.0 Å². The summed E-state index contributed by atoms with van der Waals surface area (Å²) in [7, 11) is 1.66. The molecule has 0 amide bonds. The summed E-state index contributed by atoms with van der Waals surface area (Å²) < 4.78 is 7.52. The molecule has 1 saturated carbocycles. The molecule has 2 aliphatic rings. The SMILES string of the molecule is COc1nc(C(C)C)ccc1-c1cnc2sc(N3CC4CCC(N)CC4C3)nn12. The number of nitrogens with two attached hydrogens (primary N) is 1. The van der Waals surface area contributed by atoms with Gasteiger partial charge in [-0.05, 0) is 49.1 Å².